The van der Waals surface area contributed by atoms with E-state index in [9.17, 15) is 9.59 Å². The van der Waals surface area contributed by atoms with Crippen LogP contribution < -0.4 is 4.74 Å². The molecule has 0 unspecified atom stereocenters. The minimum atomic E-state index is -0.832. The Balaban J connectivity index is 1.54. The molecule has 5 heteroatoms. The number of benzene rings is 2. The van der Waals surface area contributed by atoms with E-state index in [2.05, 4.69) is 6.07 Å². The largest absolute Gasteiger partial charge is 0.481 e. The molecular weight excluding hydrogens is 354 g/mol. The molecule has 5 nitrogen and oxygen atoms in total. The summed E-state index contributed by atoms with van der Waals surface area (Å²) in [6.07, 6.45) is -0.0147. The minimum absolute atomic E-state index is 0.175. The van der Waals surface area contributed by atoms with Gasteiger partial charge < -0.3 is 14.4 Å². The monoisotopic (exact) mass is 381 g/mol. The van der Waals surface area contributed by atoms with Crippen LogP contribution in [-0.4, -0.2) is 36.0 Å². The molecule has 2 aromatic rings. The zero-order valence-electron chi connectivity index (χ0n) is 17.0. The molecule has 1 aliphatic heterocycles. The Morgan fingerprint density at radius 1 is 1.07 bits per heavy atom. The fraction of sp³-hybridized carbons (Fsp3) is 0.391. The summed E-state index contributed by atoms with van der Waals surface area (Å²) in [6.45, 7) is 8.49. The van der Waals surface area contributed by atoms with Crippen LogP contribution in [-0.2, 0) is 27.3 Å². The molecule has 0 bridgehead atoms. The highest BCUT2D eigenvalue weighted by Gasteiger charge is 2.27. The van der Waals surface area contributed by atoms with Crippen molar-refractivity contribution in [3.05, 3.63) is 64.2 Å². The maximum absolute atomic E-state index is 12.7. The molecule has 1 amide bonds. The Morgan fingerprint density at radius 2 is 1.71 bits per heavy atom. The maximum Gasteiger partial charge on any atom is 0.344 e. The number of amides is 1. The van der Waals surface area contributed by atoms with Crippen LogP contribution in [0.2, 0.25) is 0 Å². The van der Waals surface area contributed by atoms with E-state index in [4.69, 9.17) is 9.47 Å². The summed E-state index contributed by atoms with van der Waals surface area (Å²) in [5.41, 5.74) is 5.51. The van der Waals surface area contributed by atoms with Gasteiger partial charge in [0.2, 0.25) is 0 Å². The molecule has 1 heterocycles. The second-order valence-electron chi connectivity index (χ2n) is 7.43. The molecule has 28 heavy (non-hydrogen) atoms. The van der Waals surface area contributed by atoms with Crippen LogP contribution in [0.3, 0.4) is 0 Å². The molecule has 2 aromatic carbocycles. The molecule has 0 aliphatic carbocycles. The van der Waals surface area contributed by atoms with Gasteiger partial charge in [0.25, 0.3) is 5.91 Å². The summed E-state index contributed by atoms with van der Waals surface area (Å²) in [7, 11) is 0. The van der Waals surface area contributed by atoms with Crippen LogP contribution in [0.5, 0.6) is 5.75 Å². The van der Waals surface area contributed by atoms with Crippen LogP contribution in [0.15, 0.2) is 36.4 Å². The first-order valence-corrected chi connectivity index (χ1v) is 9.61. The number of hydrogen-bond acceptors (Lipinski definition) is 4. The fourth-order valence-electron chi connectivity index (χ4n) is 3.75. The molecule has 0 fully saturated rings. The van der Waals surface area contributed by atoms with E-state index in [0.29, 0.717) is 18.8 Å². The molecule has 0 saturated carbocycles. The van der Waals surface area contributed by atoms with Gasteiger partial charge in [0.15, 0.2) is 12.7 Å². The van der Waals surface area contributed by atoms with E-state index in [1.54, 1.807) is 11.8 Å². The van der Waals surface area contributed by atoms with Crippen molar-refractivity contribution in [2.75, 3.05) is 13.2 Å². The van der Waals surface area contributed by atoms with Gasteiger partial charge in [0, 0.05) is 13.1 Å². The number of fused-ring (bicyclic) bond motifs is 1. The molecule has 0 aromatic heterocycles. The number of carbonyl (C=O) groups is 2. The van der Waals surface area contributed by atoms with E-state index in [0.717, 1.165) is 28.7 Å². The lowest BCUT2D eigenvalue weighted by Crippen LogP contribution is -2.43. The number of hydrogen-bond donors (Lipinski definition) is 0. The van der Waals surface area contributed by atoms with E-state index in [-0.39, 0.29) is 12.5 Å². The van der Waals surface area contributed by atoms with E-state index < -0.39 is 12.1 Å². The van der Waals surface area contributed by atoms with Crippen LogP contribution in [0.25, 0.3) is 0 Å². The van der Waals surface area contributed by atoms with Gasteiger partial charge in [-0.3, -0.25) is 4.79 Å². The Labute approximate surface area is 166 Å². The van der Waals surface area contributed by atoms with Crippen molar-refractivity contribution in [3.63, 3.8) is 0 Å². The van der Waals surface area contributed by atoms with Crippen LogP contribution in [0, 0.1) is 20.8 Å². The lowest BCUT2D eigenvalue weighted by atomic mass is 9.99. The quantitative estimate of drug-likeness (QED) is 0.744. The van der Waals surface area contributed by atoms with Crippen molar-refractivity contribution < 1.29 is 19.1 Å². The van der Waals surface area contributed by atoms with Crippen molar-refractivity contribution in [2.24, 2.45) is 0 Å². The van der Waals surface area contributed by atoms with Gasteiger partial charge in [-0.1, -0.05) is 42.0 Å². The summed E-state index contributed by atoms with van der Waals surface area (Å²) in [5.74, 6) is -0.0302. The third kappa shape index (κ3) is 4.53. The van der Waals surface area contributed by atoms with Gasteiger partial charge in [0.1, 0.15) is 5.75 Å². The average Bonchev–Trinajstić information content (AvgIpc) is 2.66. The summed E-state index contributed by atoms with van der Waals surface area (Å²) in [5, 5.41) is 0. The lowest BCUT2D eigenvalue weighted by molar-refractivity contribution is -0.161. The minimum Gasteiger partial charge on any atom is -0.481 e. The number of ether oxygens (including phenoxy) is 2. The van der Waals surface area contributed by atoms with Crippen molar-refractivity contribution in [2.45, 2.75) is 46.8 Å². The van der Waals surface area contributed by atoms with E-state index in [1.807, 2.05) is 51.1 Å². The zero-order valence-corrected chi connectivity index (χ0v) is 17.0. The zero-order chi connectivity index (χ0) is 20.3. The third-order valence-corrected chi connectivity index (χ3v) is 5.04. The average molecular weight is 381 g/mol. The lowest BCUT2D eigenvalue weighted by Gasteiger charge is -2.30. The van der Waals surface area contributed by atoms with E-state index >= 15 is 0 Å². The predicted octanol–water partition coefficient (Wildman–Crippen LogP) is 3.51. The molecular formula is C23H27NO4. The van der Waals surface area contributed by atoms with Crippen LogP contribution in [0.4, 0.5) is 0 Å². The first-order chi connectivity index (χ1) is 13.3. The number of esters is 1. The normalized spacial score (nSPS) is 14.2. The van der Waals surface area contributed by atoms with Gasteiger partial charge in [-0.15, -0.1) is 0 Å². The Morgan fingerprint density at radius 3 is 2.39 bits per heavy atom. The smallest absolute Gasteiger partial charge is 0.344 e. The molecule has 0 N–H and O–H groups in total. The van der Waals surface area contributed by atoms with Crippen molar-refractivity contribution in [1.29, 1.82) is 0 Å². The predicted molar refractivity (Wildman–Crippen MR) is 107 cm³/mol. The maximum atomic E-state index is 12.7. The van der Waals surface area contributed by atoms with Crippen LogP contribution in [0.1, 0.15) is 34.7 Å². The molecule has 0 saturated heterocycles. The molecule has 3 rings (SSSR count). The fourth-order valence-corrected chi connectivity index (χ4v) is 3.75. The number of nitrogens with zero attached hydrogens (tertiary/aromatic N) is 1. The highest BCUT2D eigenvalue weighted by molar-refractivity contribution is 5.84. The van der Waals surface area contributed by atoms with Gasteiger partial charge in [-0.25, -0.2) is 4.79 Å². The summed E-state index contributed by atoms with van der Waals surface area (Å²) in [6, 6.07) is 12.1. The van der Waals surface area contributed by atoms with E-state index in [1.165, 1.54) is 5.56 Å². The first-order valence-electron chi connectivity index (χ1n) is 9.61. The summed E-state index contributed by atoms with van der Waals surface area (Å²) >= 11 is 0. The topological polar surface area (TPSA) is 55.8 Å². The van der Waals surface area contributed by atoms with Crippen LogP contribution >= 0.6 is 0 Å². The highest BCUT2D eigenvalue weighted by atomic mass is 16.6. The number of aryl methyl sites for hydroxylation is 3. The summed E-state index contributed by atoms with van der Waals surface area (Å²) < 4.78 is 11.0. The molecule has 0 spiro atoms. The first kappa shape index (κ1) is 19.9. The standard InChI is InChI=1S/C23H27NO4/c1-15-11-16(2)22(17(3)12-15)27-14-21(25)28-18(4)23(26)24-10-9-19-7-5-6-8-20(19)13-24/h5-8,11-12,18H,9-10,13-14H2,1-4H3/t18-/m1/s1. The van der Waals surface area contributed by atoms with Crippen molar-refractivity contribution in [3.8, 4) is 5.75 Å². The number of rotatable bonds is 5. The SMILES string of the molecule is Cc1cc(C)c(OCC(=O)O[C@H](C)C(=O)N2CCc3ccccc3C2)c(C)c1. The van der Waals surface area contributed by atoms with Gasteiger partial charge in [0.05, 0.1) is 0 Å². The Hall–Kier alpha value is -2.82. The Bertz CT molecular complexity index is 867. The molecule has 0 radical (unpaired) electrons. The Kier molecular flexibility index (Phi) is 6.02. The molecule has 1 aliphatic rings. The second kappa shape index (κ2) is 8.46. The highest BCUT2D eigenvalue weighted by Crippen LogP contribution is 2.24. The number of carbonyl (C=O) groups excluding carboxylic acids is 2. The third-order valence-electron chi connectivity index (χ3n) is 5.04. The van der Waals surface area contributed by atoms with Gasteiger partial charge in [-0.2, -0.15) is 0 Å². The van der Waals surface area contributed by atoms with Gasteiger partial charge >= 0.3 is 5.97 Å². The molecule has 148 valence electrons. The molecule has 1 atom stereocenters. The summed E-state index contributed by atoms with van der Waals surface area (Å²) in [4.78, 5) is 26.6. The second-order valence-corrected chi connectivity index (χ2v) is 7.43. The van der Waals surface area contributed by atoms with Crippen molar-refractivity contribution in [1.82, 2.24) is 4.90 Å². The van der Waals surface area contributed by atoms with Gasteiger partial charge in [-0.05, 0) is 56.4 Å². The van der Waals surface area contributed by atoms with Crippen molar-refractivity contribution >= 4 is 11.9 Å².